The van der Waals surface area contributed by atoms with Crippen molar-refractivity contribution < 1.29 is 24.2 Å². The zero-order chi connectivity index (χ0) is 32.6. The van der Waals surface area contributed by atoms with Crippen LogP contribution in [0.1, 0.15) is 66.4 Å². The minimum atomic E-state index is -1.21. The highest BCUT2D eigenvalue weighted by molar-refractivity contribution is 9.09. The van der Waals surface area contributed by atoms with Gasteiger partial charge in [-0.1, -0.05) is 86.1 Å². The van der Waals surface area contributed by atoms with E-state index in [1.807, 2.05) is 56.0 Å². The number of fused-ring (bicyclic) bond motifs is 1. The number of likely N-dealkylation sites (tertiary alicyclic amines) is 1. The van der Waals surface area contributed by atoms with Gasteiger partial charge in [-0.25, -0.2) is 0 Å². The molecule has 0 saturated carbocycles. The molecule has 2 bridgehead atoms. The van der Waals surface area contributed by atoms with Crippen molar-refractivity contribution in [3.8, 4) is 0 Å². The molecular weight excluding hydrogens is 622 g/mol. The Balaban J connectivity index is 1.81. The van der Waals surface area contributed by atoms with Gasteiger partial charge in [0.2, 0.25) is 17.7 Å². The number of aliphatic hydroxyl groups excluding tert-OH is 1. The molecule has 3 aliphatic heterocycles. The normalized spacial score (nSPS) is 28.5. The molecule has 3 heterocycles. The van der Waals surface area contributed by atoms with E-state index in [2.05, 4.69) is 49.9 Å². The highest BCUT2D eigenvalue weighted by Gasteiger charge is 2.77. The van der Waals surface area contributed by atoms with Crippen LogP contribution >= 0.6 is 15.9 Å². The molecule has 3 fully saturated rings. The van der Waals surface area contributed by atoms with Gasteiger partial charge in [0, 0.05) is 30.0 Å². The molecule has 0 radical (unpaired) electrons. The zero-order valence-electron chi connectivity index (χ0n) is 27.2. The van der Waals surface area contributed by atoms with Crippen LogP contribution in [0.5, 0.6) is 0 Å². The number of rotatable bonds is 13. The Labute approximate surface area is 271 Å². The van der Waals surface area contributed by atoms with E-state index in [0.29, 0.717) is 32.5 Å². The molecule has 9 heteroatoms. The first kappa shape index (κ1) is 34.4. The van der Waals surface area contributed by atoms with Crippen LogP contribution in [0.2, 0.25) is 0 Å². The van der Waals surface area contributed by atoms with Crippen LogP contribution < -0.4 is 0 Å². The standard InChI is InChI=1S/C35H50BrN3O5/c1-9-17-37(20-23-15-13-12-14-16-23)30(41)26-27-31(42)39(24(11-3)21-40)29(35(27)19-25(36)28(26)44-35)32(43)38(18-10-2)34(7,8)22-33(4,5)6/h9-10,12-16,24-29,40H,1-2,11,17-22H2,3-8H3/t24-,25?,26+,27-,28+,29?,35?/m0/s1. The summed E-state index contributed by atoms with van der Waals surface area (Å²) in [6, 6.07) is 8.15. The molecule has 7 atom stereocenters. The first-order chi connectivity index (χ1) is 20.7. The van der Waals surface area contributed by atoms with Crippen LogP contribution in [0.4, 0.5) is 0 Å². The smallest absolute Gasteiger partial charge is 0.249 e. The Bertz CT molecular complexity index is 1240. The van der Waals surface area contributed by atoms with E-state index in [0.717, 1.165) is 12.0 Å². The molecule has 3 amide bonds. The number of hydrogen-bond acceptors (Lipinski definition) is 5. The molecule has 0 aromatic heterocycles. The molecule has 3 aliphatic rings. The molecule has 44 heavy (non-hydrogen) atoms. The van der Waals surface area contributed by atoms with Crippen molar-refractivity contribution >= 4 is 33.7 Å². The van der Waals surface area contributed by atoms with Crippen LogP contribution in [-0.2, 0) is 25.7 Å². The van der Waals surface area contributed by atoms with Crippen LogP contribution in [0, 0.1) is 17.3 Å². The zero-order valence-corrected chi connectivity index (χ0v) is 28.8. The third kappa shape index (κ3) is 6.16. The van der Waals surface area contributed by atoms with Crippen molar-refractivity contribution in [3.05, 3.63) is 61.2 Å². The first-order valence-electron chi connectivity index (χ1n) is 15.8. The number of carbonyl (C=O) groups is 3. The molecule has 4 rings (SSSR count). The Morgan fingerprint density at radius 2 is 1.77 bits per heavy atom. The van der Waals surface area contributed by atoms with Gasteiger partial charge < -0.3 is 24.5 Å². The second-order valence-corrected chi connectivity index (χ2v) is 15.6. The Morgan fingerprint density at radius 3 is 2.32 bits per heavy atom. The maximum absolute atomic E-state index is 14.9. The fraction of sp³-hybridized carbons (Fsp3) is 0.629. The number of nitrogens with zero attached hydrogens (tertiary/aromatic N) is 3. The molecule has 242 valence electrons. The van der Waals surface area contributed by atoms with Gasteiger partial charge in [0.15, 0.2) is 0 Å². The quantitative estimate of drug-likeness (QED) is 0.237. The summed E-state index contributed by atoms with van der Waals surface area (Å²) in [5.74, 6) is -2.35. The van der Waals surface area contributed by atoms with Crippen molar-refractivity contribution in [2.45, 2.75) is 102 Å². The van der Waals surface area contributed by atoms with Gasteiger partial charge in [-0.2, -0.15) is 0 Å². The monoisotopic (exact) mass is 671 g/mol. The average Bonchev–Trinajstić information content (AvgIpc) is 3.54. The van der Waals surface area contributed by atoms with Crippen molar-refractivity contribution in [3.63, 3.8) is 0 Å². The fourth-order valence-electron chi connectivity index (χ4n) is 8.14. The van der Waals surface area contributed by atoms with Crippen molar-refractivity contribution in [2.75, 3.05) is 19.7 Å². The molecule has 8 nitrogen and oxygen atoms in total. The largest absolute Gasteiger partial charge is 0.394 e. The molecular formula is C35H50BrN3O5. The van der Waals surface area contributed by atoms with Gasteiger partial charge in [-0.05, 0) is 44.1 Å². The van der Waals surface area contributed by atoms with E-state index in [-0.39, 0.29) is 34.6 Å². The van der Waals surface area contributed by atoms with Crippen LogP contribution in [0.25, 0.3) is 0 Å². The minimum absolute atomic E-state index is 0.0690. The van der Waals surface area contributed by atoms with Gasteiger partial charge in [-0.3, -0.25) is 14.4 Å². The number of amides is 3. The number of carbonyl (C=O) groups excluding carboxylic acids is 3. The summed E-state index contributed by atoms with van der Waals surface area (Å²) in [6.07, 6.45) is 4.42. The third-order valence-electron chi connectivity index (χ3n) is 9.47. The predicted octanol–water partition coefficient (Wildman–Crippen LogP) is 4.95. The molecule has 1 spiro atoms. The first-order valence-corrected chi connectivity index (χ1v) is 16.7. The van der Waals surface area contributed by atoms with Gasteiger partial charge in [0.05, 0.1) is 30.6 Å². The van der Waals surface area contributed by atoms with Gasteiger partial charge >= 0.3 is 0 Å². The maximum atomic E-state index is 14.9. The van der Waals surface area contributed by atoms with Gasteiger partial charge in [-0.15, -0.1) is 13.2 Å². The lowest BCUT2D eigenvalue weighted by molar-refractivity contribution is -0.156. The lowest BCUT2D eigenvalue weighted by Crippen LogP contribution is -2.62. The molecule has 1 N–H and O–H groups in total. The SMILES string of the molecule is C=CCN(Cc1ccccc1)C(=O)[C@H]1[C@@H]2OC3(CC2Br)C(C(=O)N(CC=C)C(C)(C)CC(C)(C)C)N([C@@H](CC)CO)C(=O)[C@H]13. The number of alkyl halides is 1. The number of benzene rings is 1. The highest BCUT2D eigenvalue weighted by Crippen LogP contribution is 2.61. The van der Waals surface area contributed by atoms with E-state index in [1.54, 1.807) is 22.0 Å². The lowest BCUT2D eigenvalue weighted by Gasteiger charge is -2.46. The summed E-state index contributed by atoms with van der Waals surface area (Å²) in [5, 5.41) is 10.5. The predicted molar refractivity (Wildman–Crippen MR) is 176 cm³/mol. The van der Waals surface area contributed by atoms with E-state index >= 15 is 0 Å². The average molecular weight is 673 g/mol. The van der Waals surface area contributed by atoms with Crippen LogP contribution in [-0.4, -0.2) is 91.4 Å². The van der Waals surface area contributed by atoms with E-state index in [9.17, 15) is 19.5 Å². The maximum Gasteiger partial charge on any atom is 0.249 e. The Hall–Kier alpha value is -2.49. The second-order valence-electron chi connectivity index (χ2n) is 14.4. The lowest BCUT2D eigenvalue weighted by atomic mass is 9.70. The van der Waals surface area contributed by atoms with E-state index < -0.39 is 41.2 Å². The van der Waals surface area contributed by atoms with Crippen molar-refractivity contribution in [2.24, 2.45) is 17.3 Å². The number of ether oxygens (including phenoxy) is 1. The highest BCUT2D eigenvalue weighted by atomic mass is 79.9. The number of halogens is 1. The topological polar surface area (TPSA) is 90.4 Å². The number of aliphatic hydroxyl groups is 1. The molecule has 0 aliphatic carbocycles. The van der Waals surface area contributed by atoms with E-state index in [4.69, 9.17) is 4.74 Å². The van der Waals surface area contributed by atoms with Gasteiger partial charge in [0.1, 0.15) is 11.6 Å². The minimum Gasteiger partial charge on any atom is -0.394 e. The summed E-state index contributed by atoms with van der Waals surface area (Å²) < 4.78 is 6.79. The van der Waals surface area contributed by atoms with Crippen LogP contribution in [0.3, 0.4) is 0 Å². The molecule has 1 aromatic carbocycles. The molecule has 1 aromatic rings. The third-order valence-corrected chi connectivity index (χ3v) is 10.3. The summed E-state index contributed by atoms with van der Waals surface area (Å²) >= 11 is 3.79. The molecule has 3 saturated heterocycles. The fourth-order valence-corrected chi connectivity index (χ4v) is 9.09. The Morgan fingerprint density at radius 1 is 1.14 bits per heavy atom. The van der Waals surface area contributed by atoms with Gasteiger partial charge in [0.25, 0.3) is 0 Å². The van der Waals surface area contributed by atoms with Crippen molar-refractivity contribution in [1.82, 2.24) is 14.7 Å². The summed E-state index contributed by atoms with van der Waals surface area (Å²) in [6.45, 7) is 20.9. The van der Waals surface area contributed by atoms with Crippen molar-refractivity contribution in [1.29, 1.82) is 0 Å². The summed E-state index contributed by atoms with van der Waals surface area (Å²) in [4.78, 5) is 48.9. The second kappa shape index (κ2) is 13.1. The number of hydrogen-bond donors (Lipinski definition) is 1. The summed E-state index contributed by atoms with van der Waals surface area (Å²) in [5.41, 5.74) is -0.874. The van der Waals surface area contributed by atoms with E-state index in [1.165, 1.54) is 0 Å². The molecule has 3 unspecified atom stereocenters. The van der Waals surface area contributed by atoms with Crippen LogP contribution in [0.15, 0.2) is 55.6 Å². The Kier molecular flexibility index (Phi) is 10.2. The summed E-state index contributed by atoms with van der Waals surface area (Å²) in [7, 11) is 0.